The highest BCUT2D eigenvalue weighted by Crippen LogP contribution is 2.35. The van der Waals surface area contributed by atoms with Gasteiger partial charge in [-0.3, -0.25) is 9.59 Å². The lowest BCUT2D eigenvalue weighted by atomic mass is 9.97. The second-order valence-electron chi connectivity index (χ2n) is 8.27. The van der Waals surface area contributed by atoms with Crippen LogP contribution in [0.5, 0.6) is 0 Å². The Morgan fingerprint density at radius 2 is 1.35 bits per heavy atom. The largest absolute Gasteiger partial charge is 0.341 e. The standard InChI is InChI=1S/C28H21NO4S/c1-18-11-13-20(14-12-18)26(19-7-3-2-4-8-19)29-28(31)21-15-16-23-25(17-21)34(32,33)24-10-6-5-9-22(24)27(23)30/h2-17,26H,1H3,(H,29,31). The van der Waals surface area contributed by atoms with Crippen LogP contribution in [0.15, 0.2) is 107 Å². The normalized spacial score (nSPS) is 14.6. The second-order valence-corrected chi connectivity index (χ2v) is 10.2. The maximum Gasteiger partial charge on any atom is 0.252 e. The third-order valence-electron chi connectivity index (χ3n) is 6.02. The van der Waals surface area contributed by atoms with Crippen molar-refractivity contribution in [2.45, 2.75) is 22.8 Å². The van der Waals surface area contributed by atoms with Gasteiger partial charge in [0.25, 0.3) is 5.91 Å². The van der Waals surface area contributed by atoms with E-state index in [1.165, 1.54) is 30.3 Å². The summed E-state index contributed by atoms with van der Waals surface area (Å²) in [5.41, 5.74) is 3.30. The van der Waals surface area contributed by atoms with Gasteiger partial charge in [-0.15, -0.1) is 0 Å². The molecule has 4 aromatic carbocycles. The summed E-state index contributed by atoms with van der Waals surface area (Å²) in [4.78, 5) is 26.0. The lowest BCUT2D eigenvalue weighted by Gasteiger charge is -2.22. The van der Waals surface area contributed by atoms with Gasteiger partial charge in [0.1, 0.15) is 0 Å². The number of hydrogen-bond donors (Lipinski definition) is 1. The van der Waals surface area contributed by atoms with Crippen LogP contribution in [0.2, 0.25) is 0 Å². The first-order chi connectivity index (χ1) is 16.4. The van der Waals surface area contributed by atoms with E-state index in [-0.39, 0.29) is 32.3 Å². The van der Waals surface area contributed by atoms with Crippen molar-refractivity contribution < 1.29 is 18.0 Å². The van der Waals surface area contributed by atoms with Gasteiger partial charge in [-0.1, -0.05) is 72.3 Å². The van der Waals surface area contributed by atoms with E-state index >= 15 is 0 Å². The first kappa shape index (κ1) is 21.8. The van der Waals surface area contributed by atoms with E-state index in [1.807, 2.05) is 61.5 Å². The fraction of sp³-hybridized carbons (Fsp3) is 0.0714. The smallest absolute Gasteiger partial charge is 0.252 e. The van der Waals surface area contributed by atoms with Gasteiger partial charge in [-0.05, 0) is 48.4 Å². The van der Waals surface area contributed by atoms with E-state index in [0.717, 1.165) is 16.7 Å². The molecule has 0 spiro atoms. The minimum Gasteiger partial charge on any atom is -0.341 e. The molecule has 5 rings (SSSR count). The molecule has 34 heavy (non-hydrogen) atoms. The molecule has 1 heterocycles. The average Bonchev–Trinajstić information content (AvgIpc) is 2.87. The minimum atomic E-state index is -3.93. The van der Waals surface area contributed by atoms with Crippen molar-refractivity contribution in [2.24, 2.45) is 0 Å². The molecule has 5 nitrogen and oxygen atoms in total. The van der Waals surface area contributed by atoms with Crippen molar-refractivity contribution in [3.05, 3.63) is 130 Å². The van der Waals surface area contributed by atoms with E-state index in [4.69, 9.17) is 0 Å². The third kappa shape index (κ3) is 3.72. The zero-order chi connectivity index (χ0) is 23.9. The molecule has 168 valence electrons. The number of carbonyl (C=O) groups excluding carboxylic acids is 2. The molecule has 0 radical (unpaired) electrons. The van der Waals surface area contributed by atoms with Crippen LogP contribution in [0.3, 0.4) is 0 Å². The van der Waals surface area contributed by atoms with Gasteiger partial charge >= 0.3 is 0 Å². The first-order valence-electron chi connectivity index (χ1n) is 10.8. The Balaban J connectivity index is 1.53. The number of nitrogens with one attached hydrogen (secondary N) is 1. The molecule has 6 heteroatoms. The van der Waals surface area contributed by atoms with E-state index in [1.54, 1.807) is 12.1 Å². The fourth-order valence-corrected chi connectivity index (χ4v) is 5.88. The molecule has 0 saturated carbocycles. The number of aryl methyl sites for hydroxylation is 1. The van der Waals surface area contributed by atoms with Crippen molar-refractivity contribution in [2.75, 3.05) is 0 Å². The molecule has 0 saturated heterocycles. The number of benzene rings is 4. The predicted molar refractivity (Wildman–Crippen MR) is 129 cm³/mol. The van der Waals surface area contributed by atoms with Crippen LogP contribution in [0.4, 0.5) is 0 Å². The molecule has 1 atom stereocenters. The van der Waals surface area contributed by atoms with E-state index in [2.05, 4.69) is 5.32 Å². The number of rotatable bonds is 4. The Morgan fingerprint density at radius 3 is 2.09 bits per heavy atom. The maximum atomic E-state index is 13.3. The van der Waals surface area contributed by atoms with Crippen LogP contribution in [0, 0.1) is 6.92 Å². The molecule has 1 N–H and O–H groups in total. The van der Waals surface area contributed by atoms with Crippen LogP contribution in [-0.2, 0) is 9.84 Å². The maximum absolute atomic E-state index is 13.3. The number of carbonyl (C=O) groups is 2. The van der Waals surface area contributed by atoms with Crippen molar-refractivity contribution in [3.8, 4) is 0 Å². The Hall–Kier alpha value is -4.03. The highest BCUT2D eigenvalue weighted by atomic mass is 32.2. The summed E-state index contributed by atoms with van der Waals surface area (Å²) in [6.07, 6.45) is 0. The van der Waals surface area contributed by atoms with Crippen molar-refractivity contribution >= 4 is 21.5 Å². The van der Waals surface area contributed by atoms with Crippen LogP contribution in [0.25, 0.3) is 0 Å². The summed E-state index contributed by atoms with van der Waals surface area (Å²) in [7, 11) is -3.93. The SMILES string of the molecule is Cc1ccc(C(NC(=O)c2ccc3c(c2)S(=O)(=O)c2ccccc2C3=O)c2ccccc2)cc1. The number of sulfone groups is 1. The minimum absolute atomic E-state index is 0.0353. The highest BCUT2D eigenvalue weighted by molar-refractivity contribution is 7.91. The van der Waals surface area contributed by atoms with Crippen LogP contribution >= 0.6 is 0 Å². The summed E-state index contributed by atoms with van der Waals surface area (Å²) in [5, 5.41) is 3.03. The highest BCUT2D eigenvalue weighted by Gasteiger charge is 2.35. The van der Waals surface area contributed by atoms with E-state index < -0.39 is 21.8 Å². The molecule has 1 aliphatic heterocycles. The Kier molecular flexibility index (Phi) is 5.38. The Morgan fingerprint density at radius 1 is 0.735 bits per heavy atom. The van der Waals surface area contributed by atoms with Crippen LogP contribution in [0.1, 0.15) is 49.0 Å². The fourth-order valence-electron chi connectivity index (χ4n) is 4.20. The number of amides is 1. The summed E-state index contributed by atoms with van der Waals surface area (Å²) in [6.45, 7) is 1.99. The number of fused-ring (bicyclic) bond motifs is 2. The van der Waals surface area contributed by atoms with Gasteiger partial charge in [0.05, 0.1) is 15.8 Å². The number of ketones is 1. The molecular formula is C28H21NO4S. The van der Waals surface area contributed by atoms with Gasteiger partial charge in [0.15, 0.2) is 5.78 Å². The molecule has 1 aliphatic rings. The third-order valence-corrected chi connectivity index (χ3v) is 7.87. The Labute approximate surface area is 198 Å². The molecule has 0 fully saturated rings. The molecular weight excluding hydrogens is 446 g/mol. The lowest BCUT2D eigenvalue weighted by molar-refractivity contribution is 0.0941. The summed E-state index contributed by atoms with van der Waals surface area (Å²) < 4.78 is 26.5. The van der Waals surface area contributed by atoms with E-state index in [0.29, 0.717) is 0 Å². The molecule has 0 bridgehead atoms. The van der Waals surface area contributed by atoms with Crippen molar-refractivity contribution in [3.63, 3.8) is 0 Å². The molecule has 1 unspecified atom stereocenters. The van der Waals surface area contributed by atoms with Crippen LogP contribution in [-0.4, -0.2) is 20.1 Å². The zero-order valence-electron chi connectivity index (χ0n) is 18.4. The van der Waals surface area contributed by atoms with Crippen molar-refractivity contribution in [1.82, 2.24) is 5.32 Å². The van der Waals surface area contributed by atoms with Gasteiger partial charge in [0.2, 0.25) is 9.84 Å². The first-order valence-corrected chi connectivity index (χ1v) is 12.3. The van der Waals surface area contributed by atoms with E-state index in [9.17, 15) is 18.0 Å². The monoisotopic (exact) mass is 467 g/mol. The lowest BCUT2D eigenvalue weighted by Crippen LogP contribution is -2.30. The summed E-state index contributed by atoms with van der Waals surface area (Å²) in [6, 6.07) is 27.4. The molecule has 4 aromatic rings. The topological polar surface area (TPSA) is 80.3 Å². The summed E-state index contributed by atoms with van der Waals surface area (Å²) in [5.74, 6) is -0.798. The van der Waals surface area contributed by atoms with Crippen molar-refractivity contribution in [1.29, 1.82) is 0 Å². The zero-order valence-corrected chi connectivity index (χ0v) is 19.2. The average molecular weight is 468 g/mol. The van der Waals surface area contributed by atoms with Gasteiger partial charge < -0.3 is 5.32 Å². The second kappa shape index (κ2) is 8.39. The molecule has 1 amide bonds. The van der Waals surface area contributed by atoms with Crippen LogP contribution < -0.4 is 5.32 Å². The molecule has 0 aromatic heterocycles. The molecule has 0 aliphatic carbocycles. The predicted octanol–water partition coefficient (Wildman–Crippen LogP) is 4.89. The van der Waals surface area contributed by atoms with Gasteiger partial charge in [-0.2, -0.15) is 0 Å². The van der Waals surface area contributed by atoms with Gasteiger partial charge in [-0.25, -0.2) is 8.42 Å². The Bertz CT molecular complexity index is 1520. The summed E-state index contributed by atoms with van der Waals surface area (Å²) >= 11 is 0. The quantitative estimate of drug-likeness (QED) is 0.408. The van der Waals surface area contributed by atoms with Gasteiger partial charge in [0, 0.05) is 16.7 Å². The number of hydrogen-bond acceptors (Lipinski definition) is 4.